The van der Waals surface area contributed by atoms with Gasteiger partial charge in [0.25, 0.3) is 0 Å². The van der Waals surface area contributed by atoms with Gasteiger partial charge in [0.1, 0.15) is 0 Å². The molecule has 0 aliphatic carbocycles. The van der Waals surface area contributed by atoms with E-state index in [-0.39, 0.29) is 0 Å². The third-order valence-electron chi connectivity index (χ3n) is 6.79. The lowest BCUT2D eigenvalue weighted by Gasteiger charge is -2.12. The van der Waals surface area contributed by atoms with Crippen molar-refractivity contribution in [1.29, 1.82) is 0 Å². The summed E-state index contributed by atoms with van der Waals surface area (Å²) in [5.41, 5.74) is 3.96. The molecule has 0 unspecified atom stereocenters. The van der Waals surface area contributed by atoms with Crippen molar-refractivity contribution in [3.63, 3.8) is 0 Å². The predicted molar refractivity (Wildman–Crippen MR) is 142 cm³/mol. The van der Waals surface area contributed by atoms with Crippen LogP contribution in [-0.4, -0.2) is 0 Å². The first-order valence-electron chi connectivity index (χ1n) is 11.0. The summed E-state index contributed by atoms with van der Waals surface area (Å²) in [5, 5.41) is 10.7. The zero-order valence-electron chi connectivity index (χ0n) is 17.7. The molecule has 0 fully saturated rings. The van der Waals surface area contributed by atoms with Gasteiger partial charge in [-0.15, -0.1) is 11.3 Å². The Balaban J connectivity index is 1.60. The first kappa shape index (κ1) is 17.9. The van der Waals surface area contributed by atoms with E-state index in [2.05, 4.69) is 110 Å². The van der Waals surface area contributed by atoms with E-state index >= 15 is 0 Å². The van der Waals surface area contributed by atoms with E-state index in [1.807, 2.05) is 11.3 Å². The number of fused-ring (bicyclic) bond motifs is 9. The molecule has 0 radical (unpaired) electrons. The van der Waals surface area contributed by atoms with Gasteiger partial charge >= 0.3 is 0 Å². The largest absolute Gasteiger partial charge is 0.135 e. The molecule has 6 aromatic carbocycles. The highest BCUT2D eigenvalue weighted by molar-refractivity contribution is 7.26. The Kier molecular flexibility index (Phi) is 3.73. The van der Waals surface area contributed by atoms with Crippen molar-refractivity contribution in [3.8, 4) is 11.1 Å². The fourth-order valence-corrected chi connectivity index (χ4v) is 6.64. The van der Waals surface area contributed by atoms with Crippen LogP contribution in [0.1, 0.15) is 5.56 Å². The molecule has 0 amide bonds. The molecule has 0 aliphatic rings. The summed E-state index contributed by atoms with van der Waals surface area (Å²) in [6.07, 6.45) is 0. The topological polar surface area (TPSA) is 0 Å². The van der Waals surface area contributed by atoms with Crippen molar-refractivity contribution >= 4 is 63.8 Å². The van der Waals surface area contributed by atoms with Gasteiger partial charge in [0.15, 0.2) is 0 Å². The molecule has 1 heterocycles. The van der Waals surface area contributed by atoms with Crippen molar-refractivity contribution in [1.82, 2.24) is 0 Å². The van der Waals surface area contributed by atoms with E-state index in [0.717, 1.165) is 0 Å². The molecule has 0 aliphatic heterocycles. The van der Waals surface area contributed by atoms with Crippen molar-refractivity contribution in [2.45, 2.75) is 6.92 Å². The van der Waals surface area contributed by atoms with Gasteiger partial charge in [0.05, 0.1) is 0 Å². The lowest BCUT2D eigenvalue weighted by Crippen LogP contribution is -1.85. The van der Waals surface area contributed by atoms with Gasteiger partial charge in [0, 0.05) is 20.2 Å². The predicted octanol–water partition coefficient (Wildman–Crippen LogP) is 9.49. The quantitative estimate of drug-likeness (QED) is 0.230. The van der Waals surface area contributed by atoms with Crippen LogP contribution >= 0.6 is 11.3 Å². The van der Waals surface area contributed by atoms with E-state index in [4.69, 9.17) is 0 Å². The maximum absolute atomic E-state index is 2.40. The Hall–Kier alpha value is -3.68. The van der Waals surface area contributed by atoms with Gasteiger partial charge in [-0.05, 0) is 68.1 Å². The summed E-state index contributed by atoms with van der Waals surface area (Å²) in [6, 6.07) is 38.0. The number of rotatable bonds is 1. The number of benzene rings is 6. The van der Waals surface area contributed by atoms with Gasteiger partial charge in [-0.3, -0.25) is 0 Å². The molecule has 0 atom stereocenters. The number of hydrogen-bond acceptors (Lipinski definition) is 1. The minimum absolute atomic E-state index is 1.28. The minimum atomic E-state index is 1.28. The van der Waals surface area contributed by atoms with E-state index in [9.17, 15) is 0 Å². The standard InChI is InChI=1S/C31H20S/c1-19-8-6-15-29-30(19)27-14-7-13-21(31(27)32-29)20-16-17-26-24-11-3-2-9-22(24)23-10-4-5-12-25(23)28(26)18-20/h2-18H,1H3. The molecule has 7 rings (SSSR count). The van der Waals surface area contributed by atoms with Crippen molar-refractivity contribution < 1.29 is 0 Å². The van der Waals surface area contributed by atoms with E-state index in [0.29, 0.717) is 0 Å². The van der Waals surface area contributed by atoms with Crippen LogP contribution in [0.4, 0.5) is 0 Å². The Morgan fingerprint density at radius 3 is 1.81 bits per heavy atom. The van der Waals surface area contributed by atoms with Crippen LogP contribution in [0.3, 0.4) is 0 Å². The Morgan fingerprint density at radius 2 is 1.09 bits per heavy atom. The molecule has 150 valence electrons. The third kappa shape index (κ3) is 2.43. The summed E-state index contributed by atoms with van der Waals surface area (Å²) >= 11 is 1.91. The fraction of sp³-hybridized carbons (Fsp3) is 0.0323. The van der Waals surface area contributed by atoms with Crippen LogP contribution in [-0.2, 0) is 0 Å². The summed E-state index contributed by atoms with van der Waals surface area (Å²) in [7, 11) is 0. The molecule has 1 aromatic heterocycles. The van der Waals surface area contributed by atoms with Gasteiger partial charge in [0.2, 0.25) is 0 Å². The molecular formula is C31H20S. The van der Waals surface area contributed by atoms with Crippen LogP contribution in [0.25, 0.3) is 63.6 Å². The summed E-state index contributed by atoms with van der Waals surface area (Å²) in [6.45, 7) is 2.22. The molecule has 0 nitrogen and oxygen atoms in total. The van der Waals surface area contributed by atoms with E-state index in [1.54, 1.807) is 0 Å². The molecule has 0 saturated heterocycles. The second-order valence-electron chi connectivity index (χ2n) is 8.58. The smallest absolute Gasteiger partial charge is 0.0433 e. The molecule has 32 heavy (non-hydrogen) atoms. The highest BCUT2D eigenvalue weighted by Gasteiger charge is 2.14. The maximum Gasteiger partial charge on any atom is 0.0433 e. The molecular weight excluding hydrogens is 404 g/mol. The van der Waals surface area contributed by atoms with E-state index < -0.39 is 0 Å². The van der Waals surface area contributed by atoms with Gasteiger partial charge in [-0.1, -0.05) is 91.0 Å². The lowest BCUT2D eigenvalue weighted by atomic mass is 9.92. The Bertz CT molecular complexity index is 1800. The van der Waals surface area contributed by atoms with Crippen molar-refractivity contribution in [3.05, 3.63) is 109 Å². The number of thiophene rings is 1. The molecule has 0 saturated carbocycles. The van der Waals surface area contributed by atoms with E-state index in [1.165, 1.54) is 69.2 Å². The van der Waals surface area contributed by atoms with Crippen LogP contribution in [0, 0.1) is 6.92 Å². The summed E-state index contributed by atoms with van der Waals surface area (Å²) in [5.74, 6) is 0. The van der Waals surface area contributed by atoms with Gasteiger partial charge in [-0.2, -0.15) is 0 Å². The maximum atomic E-state index is 2.40. The van der Waals surface area contributed by atoms with Crippen LogP contribution in [0.2, 0.25) is 0 Å². The molecule has 7 aromatic rings. The molecule has 0 spiro atoms. The van der Waals surface area contributed by atoms with Crippen LogP contribution < -0.4 is 0 Å². The van der Waals surface area contributed by atoms with Crippen LogP contribution in [0.15, 0.2) is 103 Å². The number of hydrogen-bond donors (Lipinski definition) is 0. The highest BCUT2D eigenvalue weighted by atomic mass is 32.1. The zero-order chi connectivity index (χ0) is 21.2. The van der Waals surface area contributed by atoms with Gasteiger partial charge < -0.3 is 0 Å². The molecule has 1 heteroatoms. The first-order valence-corrected chi connectivity index (χ1v) is 11.9. The Morgan fingerprint density at radius 1 is 0.500 bits per heavy atom. The zero-order valence-corrected chi connectivity index (χ0v) is 18.5. The summed E-state index contributed by atoms with van der Waals surface area (Å²) < 4.78 is 2.74. The van der Waals surface area contributed by atoms with Crippen molar-refractivity contribution in [2.24, 2.45) is 0 Å². The monoisotopic (exact) mass is 424 g/mol. The average Bonchev–Trinajstić information content (AvgIpc) is 3.24. The van der Waals surface area contributed by atoms with Crippen molar-refractivity contribution in [2.75, 3.05) is 0 Å². The van der Waals surface area contributed by atoms with Crippen LogP contribution in [0.5, 0.6) is 0 Å². The normalized spacial score (nSPS) is 11.9. The first-order chi connectivity index (χ1) is 15.8. The Labute approximate surface area is 190 Å². The summed E-state index contributed by atoms with van der Waals surface area (Å²) in [4.78, 5) is 0. The second kappa shape index (κ2) is 6.66. The second-order valence-corrected chi connectivity index (χ2v) is 9.64. The number of aryl methyl sites for hydroxylation is 1. The third-order valence-corrected chi connectivity index (χ3v) is 7.99. The SMILES string of the molecule is Cc1cccc2sc3c(-c4ccc5c6ccccc6c6ccccc6c5c4)cccc3c12. The fourth-order valence-electron chi connectivity index (χ4n) is 5.33. The van der Waals surface area contributed by atoms with Gasteiger partial charge in [-0.25, -0.2) is 0 Å². The molecule has 0 bridgehead atoms. The minimum Gasteiger partial charge on any atom is -0.135 e. The molecule has 0 N–H and O–H groups in total. The average molecular weight is 425 g/mol. The highest BCUT2D eigenvalue weighted by Crippen LogP contribution is 2.43. The lowest BCUT2D eigenvalue weighted by molar-refractivity contribution is 1.55.